The monoisotopic (exact) mass is 219 g/mol. The van der Waals surface area contributed by atoms with Gasteiger partial charge in [0.2, 0.25) is 0 Å². The summed E-state index contributed by atoms with van der Waals surface area (Å²) in [6, 6.07) is 8.98. The molecule has 1 saturated heterocycles. The number of benzene rings is 1. The Morgan fingerprint density at radius 3 is 2.62 bits per heavy atom. The second-order valence-electron chi connectivity index (χ2n) is 5.26. The average molecular weight is 219 g/mol. The molecular weight excluding hydrogens is 198 g/mol. The number of hydrogen-bond donors (Lipinski definition) is 1. The fourth-order valence-corrected chi connectivity index (χ4v) is 2.13. The van der Waals surface area contributed by atoms with Gasteiger partial charge < -0.3 is 10.1 Å². The van der Waals surface area contributed by atoms with Crippen LogP contribution in [0.4, 0.5) is 0 Å². The first-order valence-corrected chi connectivity index (χ1v) is 5.97. The van der Waals surface area contributed by atoms with Gasteiger partial charge in [-0.2, -0.15) is 0 Å². The van der Waals surface area contributed by atoms with Crippen LogP contribution in [-0.4, -0.2) is 19.8 Å². The average Bonchev–Trinajstić information content (AvgIpc) is 2.24. The van der Waals surface area contributed by atoms with Crippen molar-refractivity contribution in [3.05, 3.63) is 35.4 Å². The molecule has 1 aliphatic rings. The Bertz CT molecular complexity index is 358. The summed E-state index contributed by atoms with van der Waals surface area (Å²) in [6.07, 6.45) is 0. The standard InChI is InChI=1S/C14H21NO/c1-11-6-4-5-7-13(11)12(2)15-8-14(3)9-16-10-14/h4-7,12,15H,8-10H2,1-3H3. The zero-order valence-corrected chi connectivity index (χ0v) is 10.4. The minimum atomic E-state index is 0.344. The van der Waals surface area contributed by atoms with Crippen LogP contribution in [0.15, 0.2) is 24.3 Å². The maximum absolute atomic E-state index is 5.26. The Morgan fingerprint density at radius 1 is 1.38 bits per heavy atom. The number of ether oxygens (including phenoxy) is 1. The van der Waals surface area contributed by atoms with Crippen LogP contribution in [0, 0.1) is 12.3 Å². The highest BCUT2D eigenvalue weighted by Gasteiger charge is 2.33. The molecule has 0 amide bonds. The van der Waals surface area contributed by atoms with E-state index in [-0.39, 0.29) is 0 Å². The third kappa shape index (κ3) is 2.45. The van der Waals surface area contributed by atoms with Gasteiger partial charge in [-0.25, -0.2) is 0 Å². The normalized spacial score (nSPS) is 20.2. The summed E-state index contributed by atoms with van der Waals surface area (Å²) < 4.78 is 5.26. The molecule has 0 spiro atoms. The van der Waals surface area contributed by atoms with E-state index in [9.17, 15) is 0 Å². The third-order valence-electron chi connectivity index (χ3n) is 3.39. The van der Waals surface area contributed by atoms with Crippen molar-refractivity contribution in [2.45, 2.75) is 26.8 Å². The molecule has 1 heterocycles. The molecule has 1 aromatic carbocycles. The second-order valence-corrected chi connectivity index (χ2v) is 5.26. The molecule has 0 saturated carbocycles. The molecule has 0 radical (unpaired) electrons. The molecule has 1 fully saturated rings. The van der Waals surface area contributed by atoms with E-state index in [1.54, 1.807) is 0 Å². The maximum atomic E-state index is 5.26. The van der Waals surface area contributed by atoms with Gasteiger partial charge >= 0.3 is 0 Å². The topological polar surface area (TPSA) is 21.3 Å². The second kappa shape index (κ2) is 4.56. The van der Waals surface area contributed by atoms with Gasteiger partial charge in [-0.15, -0.1) is 0 Å². The predicted molar refractivity (Wildman–Crippen MR) is 66.5 cm³/mol. The molecule has 2 heteroatoms. The summed E-state index contributed by atoms with van der Waals surface area (Å²) in [5.74, 6) is 0. The zero-order chi connectivity index (χ0) is 11.6. The first kappa shape index (κ1) is 11.6. The Kier molecular flexibility index (Phi) is 3.31. The van der Waals surface area contributed by atoms with Crippen molar-refractivity contribution in [1.29, 1.82) is 0 Å². The SMILES string of the molecule is Cc1ccccc1C(C)NCC1(C)COC1. The van der Waals surface area contributed by atoms with E-state index in [1.807, 2.05) is 0 Å². The summed E-state index contributed by atoms with van der Waals surface area (Å²) in [4.78, 5) is 0. The minimum absolute atomic E-state index is 0.344. The molecule has 1 aromatic rings. The van der Waals surface area contributed by atoms with E-state index in [1.165, 1.54) is 11.1 Å². The zero-order valence-electron chi connectivity index (χ0n) is 10.4. The lowest BCUT2D eigenvalue weighted by Crippen LogP contribution is -2.47. The van der Waals surface area contributed by atoms with Crippen LogP contribution in [0.5, 0.6) is 0 Å². The number of rotatable bonds is 4. The molecule has 2 rings (SSSR count). The molecule has 1 aliphatic heterocycles. The van der Waals surface area contributed by atoms with Crippen molar-refractivity contribution in [1.82, 2.24) is 5.32 Å². The van der Waals surface area contributed by atoms with Crippen LogP contribution in [-0.2, 0) is 4.74 Å². The molecule has 1 unspecified atom stereocenters. The van der Waals surface area contributed by atoms with Gasteiger partial charge in [0.25, 0.3) is 0 Å². The van der Waals surface area contributed by atoms with Crippen LogP contribution in [0.1, 0.15) is 31.0 Å². The Labute approximate surface area is 98.0 Å². The quantitative estimate of drug-likeness (QED) is 0.840. The van der Waals surface area contributed by atoms with Crippen LogP contribution in [0.25, 0.3) is 0 Å². The van der Waals surface area contributed by atoms with Gasteiger partial charge in [-0.1, -0.05) is 31.2 Å². The predicted octanol–water partition coefficient (Wildman–Crippen LogP) is 2.68. The highest BCUT2D eigenvalue weighted by molar-refractivity contribution is 5.28. The van der Waals surface area contributed by atoms with E-state index in [0.717, 1.165) is 19.8 Å². The number of nitrogens with one attached hydrogen (secondary N) is 1. The smallest absolute Gasteiger partial charge is 0.0554 e. The first-order valence-electron chi connectivity index (χ1n) is 5.97. The number of hydrogen-bond acceptors (Lipinski definition) is 2. The fraction of sp³-hybridized carbons (Fsp3) is 0.571. The third-order valence-corrected chi connectivity index (χ3v) is 3.39. The van der Waals surface area contributed by atoms with Crippen molar-refractivity contribution in [2.75, 3.05) is 19.8 Å². The van der Waals surface area contributed by atoms with Gasteiger partial charge in [0.05, 0.1) is 13.2 Å². The van der Waals surface area contributed by atoms with Gasteiger partial charge in [-0.05, 0) is 25.0 Å². The highest BCUT2D eigenvalue weighted by Crippen LogP contribution is 2.26. The lowest BCUT2D eigenvalue weighted by atomic mass is 9.88. The van der Waals surface area contributed by atoms with E-state index < -0.39 is 0 Å². The highest BCUT2D eigenvalue weighted by atomic mass is 16.5. The lowest BCUT2D eigenvalue weighted by Gasteiger charge is -2.39. The molecular formula is C14H21NO. The van der Waals surface area contributed by atoms with Gasteiger partial charge in [0.15, 0.2) is 0 Å². The molecule has 1 N–H and O–H groups in total. The minimum Gasteiger partial charge on any atom is -0.380 e. The molecule has 0 aliphatic carbocycles. The Morgan fingerprint density at radius 2 is 2.06 bits per heavy atom. The molecule has 2 nitrogen and oxygen atoms in total. The van der Waals surface area contributed by atoms with Gasteiger partial charge in [-0.3, -0.25) is 0 Å². The summed E-state index contributed by atoms with van der Waals surface area (Å²) in [5, 5.41) is 3.60. The fourth-order valence-electron chi connectivity index (χ4n) is 2.13. The van der Waals surface area contributed by atoms with Crippen LogP contribution < -0.4 is 5.32 Å². The van der Waals surface area contributed by atoms with Crippen molar-refractivity contribution in [3.8, 4) is 0 Å². The van der Waals surface area contributed by atoms with Crippen LogP contribution in [0.2, 0.25) is 0 Å². The van der Waals surface area contributed by atoms with Gasteiger partial charge in [0, 0.05) is 18.0 Å². The summed E-state index contributed by atoms with van der Waals surface area (Å²) in [7, 11) is 0. The van der Waals surface area contributed by atoms with Crippen molar-refractivity contribution < 1.29 is 4.74 Å². The molecule has 1 atom stereocenters. The van der Waals surface area contributed by atoms with Gasteiger partial charge in [0.1, 0.15) is 0 Å². The number of aryl methyl sites for hydroxylation is 1. The first-order chi connectivity index (χ1) is 7.61. The lowest BCUT2D eigenvalue weighted by molar-refractivity contribution is -0.0999. The van der Waals surface area contributed by atoms with E-state index >= 15 is 0 Å². The molecule has 0 bridgehead atoms. The maximum Gasteiger partial charge on any atom is 0.0554 e. The van der Waals surface area contributed by atoms with E-state index in [2.05, 4.69) is 50.4 Å². The molecule has 88 valence electrons. The van der Waals surface area contributed by atoms with Crippen LogP contribution in [0.3, 0.4) is 0 Å². The largest absolute Gasteiger partial charge is 0.380 e. The van der Waals surface area contributed by atoms with E-state index in [4.69, 9.17) is 4.74 Å². The van der Waals surface area contributed by atoms with Crippen molar-refractivity contribution >= 4 is 0 Å². The summed E-state index contributed by atoms with van der Waals surface area (Å²) in [6.45, 7) is 9.48. The van der Waals surface area contributed by atoms with E-state index in [0.29, 0.717) is 11.5 Å². The summed E-state index contributed by atoms with van der Waals surface area (Å²) in [5.41, 5.74) is 3.10. The molecule has 0 aromatic heterocycles. The Balaban J connectivity index is 1.93. The van der Waals surface area contributed by atoms with Crippen LogP contribution >= 0.6 is 0 Å². The summed E-state index contributed by atoms with van der Waals surface area (Å²) >= 11 is 0. The van der Waals surface area contributed by atoms with Crippen molar-refractivity contribution in [2.24, 2.45) is 5.41 Å². The Hall–Kier alpha value is -0.860. The molecule has 16 heavy (non-hydrogen) atoms. The van der Waals surface area contributed by atoms with Crippen molar-refractivity contribution in [3.63, 3.8) is 0 Å².